The van der Waals surface area contributed by atoms with Crippen LogP contribution in [0.25, 0.3) is 0 Å². The molecule has 0 aliphatic heterocycles. The molecule has 2 N–H and O–H groups in total. The van der Waals surface area contributed by atoms with Gasteiger partial charge >= 0.3 is 11.9 Å². The van der Waals surface area contributed by atoms with E-state index >= 15 is 0 Å². The Morgan fingerprint density at radius 3 is 1.33 bits per heavy atom. The summed E-state index contributed by atoms with van der Waals surface area (Å²) in [5.41, 5.74) is 0. The zero-order valence-electron chi connectivity index (χ0n) is 11.2. The number of aliphatic hydroxyl groups is 2. The SMILES string of the molecule is CC(=O)OCCCCOC(C)=O.OCCCCO. The van der Waals surface area contributed by atoms with E-state index in [0.717, 1.165) is 25.7 Å². The molecule has 0 spiro atoms. The molecule has 0 bridgehead atoms. The summed E-state index contributed by atoms with van der Waals surface area (Å²) >= 11 is 0. The Labute approximate surface area is 108 Å². The van der Waals surface area contributed by atoms with Gasteiger partial charge in [0.25, 0.3) is 0 Å². The van der Waals surface area contributed by atoms with Crippen LogP contribution >= 0.6 is 0 Å². The lowest BCUT2D eigenvalue weighted by Crippen LogP contribution is -2.04. The van der Waals surface area contributed by atoms with Crippen LogP contribution in [-0.4, -0.2) is 48.6 Å². The van der Waals surface area contributed by atoms with Gasteiger partial charge in [-0.1, -0.05) is 0 Å². The fourth-order valence-electron chi connectivity index (χ4n) is 0.860. The summed E-state index contributed by atoms with van der Waals surface area (Å²) in [6, 6.07) is 0. The second-order valence-electron chi connectivity index (χ2n) is 3.54. The normalized spacial score (nSPS) is 9.11. The van der Waals surface area contributed by atoms with Crippen molar-refractivity contribution in [2.24, 2.45) is 0 Å². The van der Waals surface area contributed by atoms with Crippen LogP contribution in [0.15, 0.2) is 0 Å². The minimum atomic E-state index is -0.275. The van der Waals surface area contributed by atoms with Crippen molar-refractivity contribution in [1.29, 1.82) is 0 Å². The first kappa shape index (κ1) is 19.2. The van der Waals surface area contributed by atoms with E-state index in [2.05, 4.69) is 9.47 Å². The molecule has 0 heterocycles. The van der Waals surface area contributed by atoms with E-state index in [9.17, 15) is 9.59 Å². The van der Waals surface area contributed by atoms with Gasteiger partial charge in [-0.05, 0) is 25.7 Å². The predicted molar refractivity (Wildman–Crippen MR) is 65.9 cm³/mol. The number of aliphatic hydroxyl groups excluding tert-OH is 2. The summed E-state index contributed by atoms with van der Waals surface area (Å²) in [6.45, 7) is 3.92. The summed E-state index contributed by atoms with van der Waals surface area (Å²) in [4.78, 5) is 20.6. The first-order valence-corrected chi connectivity index (χ1v) is 6.03. The van der Waals surface area contributed by atoms with E-state index in [1.54, 1.807) is 0 Å². The van der Waals surface area contributed by atoms with Crippen LogP contribution < -0.4 is 0 Å². The van der Waals surface area contributed by atoms with Crippen LogP contribution in [0.4, 0.5) is 0 Å². The van der Waals surface area contributed by atoms with E-state index in [0.29, 0.717) is 13.2 Å². The number of rotatable bonds is 8. The first-order chi connectivity index (χ1) is 8.54. The predicted octanol–water partition coefficient (Wildman–Crippen LogP) is 0.644. The molecule has 0 radical (unpaired) electrons. The van der Waals surface area contributed by atoms with Gasteiger partial charge < -0.3 is 19.7 Å². The Balaban J connectivity index is 0. The molecule has 0 aliphatic carbocycles. The van der Waals surface area contributed by atoms with E-state index in [4.69, 9.17) is 10.2 Å². The molecule has 0 fully saturated rings. The maximum absolute atomic E-state index is 10.3. The number of carbonyl (C=O) groups excluding carboxylic acids is 2. The molecule has 0 unspecified atom stereocenters. The molecule has 0 rings (SSSR count). The third kappa shape index (κ3) is 24.2. The molecule has 0 atom stereocenters. The van der Waals surface area contributed by atoms with E-state index in [1.807, 2.05) is 0 Å². The average Bonchev–Trinajstić information content (AvgIpc) is 2.31. The second-order valence-corrected chi connectivity index (χ2v) is 3.54. The Morgan fingerprint density at radius 2 is 1.11 bits per heavy atom. The maximum atomic E-state index is 10.3. The van der Waals surface area contributed by atoms with Gasteiger partial charge in [-0.2, -0.15) is 0 Å². The molecule has 0 saturated carbocycles. The summed E-state index contributed by atoms with van der Waals surface area (Å²) in [7, 11) is 0. The van der Waals surface area contributed by atoms with Gasteiger partial charge in [-0.25, -0.2) is 0 Å². The Kier molecular flexibility index (Phi) is 16.9. The summed E-state index contributed by atoms with van der Waals surface area (Å²) in [5.74, 6) is -0.551. The van der Waals surface area contributed by atoms with Crippen LogP contribution in [-0.2, 0) is 19.1 Å². The van der Waals surface area contributed by atoms with Crippen molar-refractivity contribution in [3.8, 4) is 0 Å². The number of unbranched alkanes of at least 4 members (excludes halogenated alkanes) is 2. The molecule has 108 valence electrons. The Bertz CT molecular complexity index is 183. The van der Waals surface area contributed by atoms with Crippen LogP contribution in [0.5, 0.6) is 0 Å². The van der Waals surface area contributed by atoms with Crippen LogP contribution in [0.2, 0.25) is 0 Å². The van der Waals surface area contributed by atoms with Crippen molar-refractivity contribution in [1.82, 2.24) is 0 Å². The molecule has 6 nitrogen and oxygen atoms in total. The van der Waals surface area contributed by atoms with Gasteiger partial charge in [0, 0.05) is 27.1 Å². The van der Waals surface area contributed by atoms with Crippen LogP contribution in [0, 0.1) is 0 Å². The van der Waals surface area contributed by atoms with Gasteiger partial charge in [-0.3, -0.25) is 9.59 Å². The van der Waals surface area contributed by atoms with Gasteiger partial charge in [0.2, 0.25) is 0 Å². The zero-order valence-corrected chi connectivity index (χ0v) is 11.2. The fraction of sp³-hybridized carbons (Fsp3) is 0.833. The topological polar surface area (TPSA) is 93.1 Å². The lowest BCUT2D eigenvalue weighted by atomic mass is 10.3. The van der Waals surface area contributed by atoms with Gasteiger partial charge in [-0.15, -0.1) is 0 Å². The highest BCUT2D eigenvalue weighted by Gasteiger charge is 1.94. The molecule has 0 aromatic heterocycles. The molecular formula is C12H24O6. The largest absolute Gasteiger partial charge is 0.466 e. The first-order valence-electron chi connectivity index (χ1n) is 6.03. The Morgan fingerprint density at radius 1 is 0.778 bits per heavy atom. The third-order valence-corrected chi connectivity index (χ3v) is 1.72. The zero-order chi connectivity index (χ0) is 14.2. The van der Waals surface area contributed by atoms with Crippen molar-refractivity contribution in [2.45, 2.75) is 39.5 Å². The van der Waals surface area contributed by atoms with Crippen LogP contribution in [0.3, 0.4) is 0 Å². The van der Waals surface area contributed by atoms with Gasteiger partial charge in [0.05, 0.1) is 13.2 Å². The van der Waals surface area contributed by atoms with Crippen molar-refractivity contribution >= 4 is 11.9 Å². The molecule has 0 aromatic carbocycles. The number of carbonyl (C=O) groups is 2. The van der Waals surface area contributed by atoms with Crippen molar-refractivity contribution in [3.05, 3.63) is 0 Å². The third-order valence-electron chi connectivity index (χ3n) is 1.72. The lowest BCUT2D eigenvalue weighted by molar-refractivity contribution is -0.143. The van der Waals surface area contributed by atoms with E-state index < -0.39 is 0 Å². The van der Waals surface area contributed by atoms with Gasteiger partial charge in [0.1, 0.15) is 0 Å². The quantitative estimate of drug-likeness (QED) is 0.494. The molecule has 0 amide bonds. The summed E-state index contributed by atoms with van der Waals surface area (Å²) in [5, 5.41) is 16.2. The Hall–Kier alpha value is -1.14. The number of hydrogen-bond donors (Lipinski definition) is 2. The molecule has 0 saturated heterocycles. The minimum Gasteiger partial charge on any atom is -0.466 e. The number of esters is 2. The molecule has 6 heteroatoms. The standard InChI is InChI=1S/C8H14O4.C4H10O2/c1-7(9)11-5-3-4-6-12-8(2)10;5-3-1-2-4-6/h3-6H2,1-2H3;5-6H,1-4H2. The second kappa shape index (κ2) is 15.9. The molecule has 0 aromatic rings. The minimum absolute atomic E-state index is 0.195. The lowest BCUT2D eigenvalue weighted by Gasteiger charge is -2.01. The maximum Gasteiger partial charge on any atom is 0.302 e. The smallest absolute Gasteiger partial charge is 0.302 e. The monoisotopic (exact) mass is 264 g/mol. The highest BCUT2D eigenvalue weighted by molar-refractivity contribution is 5.66. The van der Waals surface area contributed by atoms with Gasteiger partial charge in [0.15, 0.2) is 0 Å². The van der Waals surface area contributed by atoms with Crippen molar-refractivity contribution in [2.75, 3.05) is 26.4 Å². The summed E-state index contributed by atoms with van der Waals surface area (Å²) < 4.78 is 9.34. The molecule has 0 aliphatic rings. The highest BCUT2D eigenvalue weighted by atomic mass is 16.5. The summed E-state index contributed by atoms with van der Waals surface area (Å²) in [6.07, 6.45) is 2.90. The van der Waals surface area contributed by atoms with E-state index in [1.165, 1.54) is 13.8 Å². The van der Waals surface area contributed by atoms with E-state index in [-0.39, 0.29) is 25.2 Å². The average molecular weight is 264 g/mol. The number of hydrogen-bond acceptors (Lipinski definition) is 6. The van der Waals surface area contributed by atoms with Crippen molar-refractivity contribution < 1.29 is 29.3 Å². The molecular weight excluding hydrogens is 240 g/mol. The van der Waals surface area contributed by atoms with Crippen LogP contribution in [0.1, 0.15) is 39.5 Å². The highest BCUT2D eigenvalue weighted by Crippen LogP contribution is 1.91. The fourth-order valence-corrected chi connectivity index (χ4v) is 0.860. The number of ether oxygens (including phenoxy) is 2. The van der Waals surface area contributed by atoms with Crippen molar-refractivity contribution in [3.63, 3.8) is 0 Å². The molecule has 18 heavy (non-hydrogen) atoms.